The van der Waals surface area contributed by atoms with E-state index >= 15 is 0 Å². The van der Waals surface area contributed by atoms with Crippen molar-refractivity contribution in [3.63, 3.8) is 0 Å². The molecule has 0 radical (unpaired) electrons. The summed E-state index contributed by atoms with van der Waals surface area (Å²) >= 11 is 0. The zero-order valence-electron chi connectivity index (χ0n) is 9.22. The van der Waals surface area contributed by atoms with Crippen LogP contribution in [0.1, 0.15) is 18.4 Å². The molecule has 0 spiro atoms. The SMILES string of the molecule is Cc1ccc(NC(=O)CNC2CC2)c(F)c1. The van der Waals surface area contributed by atoms with Gasteiger partial charge in [0.05, 0.1) is 12.2 Å². The predicted molar refractivity (Wildman–Crippen MR) is 60.8 cm³/mol. The minimum absolute atomic E-state index is 0.199. The standard InChI is InChI=1S/C12H15FN2O/c1-8-2-5-11(10(13)6-8)15-12(16)7-14-9-3-4-9/h2,5-6,9,14H,3-4,7H2,1H3,(H,15,16). The molecule has 16 heavy (non-hydrogen) atoms. The van der Waals surface area contributed by atoms with Crippen molar-refractivity contribution in [2.24, 2.45) is 0 Å². The Labute approximate surface area is 94.0 Å². The van der Waals surface area contributed by atoms with Gasteiger partial charge in [-0.15, -0.1) is 0 Å². The van der Waals surface area contributed by atoms with Crippen molar-refractivity contribution >= 4 is 11.6 Å². The predicted octanol–water partition coefficient (Wildman–Crippen LogP) is 1.82. The molecule has 4 heteroatoms. The number of amides is 1. The fraction of sp³-hybridized carbons (Fsp3) is 0.417. The van der Waals surface area contributed by atoms with Gasteiger partial charge in [-0.3, -0.25) is 4.79 Å². The maximum absolute atomic E-state index is 13.4. The number of carbonyl (C=O) groups excluding carboxylic acids is 1. The van der Waals surface area contributed by atoms with E-state index in [0.717, 1.165) is 18.4 Å². The number of carbonyl (C=O) groups is 1. The third-order valence-corrected chi connectivity index (χ3v) is 2.53. The average Bonchev–Trinajstić information content (AvgIpc) is 3.03. The lowest BCUT2D eigenvalue weighted by atomic mass is 10.2. The van der Waals surface area contributed by atoms with Crippen LogP contribution in [0.5, 0.6) is 0 Å². The van der Waals surface area contributed by atoms with Crippen molar-refractivity contribution in [1.82, 2.24) is 5.32 Å². The molecule has 0 heterocycles. The number of benzene rings is 1. The van der Waals surface area contributed by atoms with E-state index in [1.54, 1.807) is 12.1 Å². The number of rotatable bonds is 4. The van der Waals surface area contributed by atoms with Crippen LogP contribution in [-0.4, -0.2) is 18.5 Å². The van der Waals surface area contributed by atoms with Crippen molar-refractivity contribution in [2.45, 2.75) is 25.8 Å². The lowest BCUT2D eigenvalue weighted by Crippen LogP contribution is -2.29. The third kappa shape index (κ3) is 3.03. The molecule has 0 unspecified atom stereocenters. The Kier molecular flexibility index (Phi) is 3.19. The second kappa shape index (κ2) is 4.61. The van der Waals surface area contributed by atoms with Gasteiger partial charge in [-0.2, -0.15) is 0 Å². The first-order chi connectivity index (χ1) is 7.65. The molecule has 0 atom stereocenters. The Balaban J connectivity index is 1.89. The summed E-state index contributed by atoms with van der Waals surface area (Å²) in [5.74, 6) is -0.588. The monoisotopic (exact) mass is 222 g/mol. The first-order valence-corrected chi connectivity index (χ1v) is 5.44. The van der Waals surface area contributed by atoms with Gasteiger partial charge < -0.3 is 10.6 Å². The molecule has 2 rings (SSSR count). The fourth-order valence-electron chi connectivity index (χ4n) is 1.44. The number of anilines is 1. The Morgan fingerprint density at radius 2 is 2.25 bits per heavy atom. The van der Waals surface area contributed by atoms with E-state index in [2.05, 4.69) is 10.6 Å². The number of halogens is 1. The van der Waals surface area contributed by atoms with Gasteiger partial charge in [0.1, 0.15) is 5.82 Å². The normalized spacial score (nSPS) is 14.9. The van der Waals surface area contributed by atoms with E-state index in [4.69, 9.17) is 0 Å². The van der Waals surface area contributed by atoms with Gasteiger partial charge in [-0.25, -0.2) is 4.39 Å². The Morgan fingerprint density at radius 1 is 1.50 bits per heavy atom. The molecule has 3 nitrogen and oxygen atoms in total. The third-order valence-electron chi connectivity index (χ3n) is 2.53. The number of aryl methyl sites for hydroxylation is 1. The molecule has 86 valence electrons. The van der Waals surface area contributed by atoms with Crippen molar-refractivity contribution < 1.29 is 9.18 Å². The van der Waals surface area contributed by atoms with Crippen LogP contribution in [-0.2, 0) is 4.79 Å². The van der Waals surface area contributed by atoms with Crippen LogP contribution in [0.4, 0.5) is 10.1 Å². The highest BCUT2D eigenvalue weighted by molar-refractivity contribution is 5.92. The Hall–Kier alpha value is -1.42. The van der Waals surface area contributed by atoms with Crippen molar-refractivity contribution in [1.29, 1.82) is 0 Å². The van der Waals surface area contributed by atoms with Gasteiger partial charge in [0.15, 0.2) is 0 Å². The highest BCUT2D eigenvalue weighted by Crippen LogP contribution is 2.18. The molecule has 1 aliphatic carbocycles. The molecular weight excluding hydrogens is 207 g/mol. The highest BCUT2D eigenvalue weighted by atomic mass is 19.1. The molecule has 0 aromatic heterocycles. The number of hydrogen-bond donors (Lipinski definition) is 2. The fourth-order valence-corrected chi connectivity index (χ4v) is 1.44. The van der Waals surface area contributed by atoms with E-state index in [9.17, 15) is 9.18 Å². The summed E-state index contributed by atoms with van der Waals surface area (Å²) < 4.78 is 13.4. The largest absolute Gasteiger partial charge is 0.322 e. The van der Waals surface area contributed by atoms with Crippen LogP contribution < -0.4 is 10.6 Å². The van der Waals surface area contributed by atoms with Gasteiger partial charge in [0, 0.05) is 6.04 Å². The zero-order chi connectivity index (χ0) is 11.5. The molecule has 0 aliphatic heterocycles. The summed E-state index contributed by atoms with van der Waals surface area (Å²) in [4.78, 5) is 11.4. The summed E-state index contributed by atoms with van der Waals surface area (Å²) in [6, 6.07) is 5.24. The molecule has 2 N–H and O–H groups in total. The van der Waals surface area contributed by atoms with Crippen molar-refractivity contribution in [3.8, 4) is 0 Å². The van der Waals surface area contributed by atoms with E-state index in [1.807, 2.05) is 6.92 Å². The molecule has 1 aromatic carbocycles. The maximum atomic E-state index is 13.4. The van der Waals surface area contributed by atoms with Crippen LogP contribution >= 0.6 is 0 Å². The molecule has 0 saturated heterocycles. The molecule has 1 aliphatic rings. The van der Waals surface area contributed by atoms with Crippen molar-refractivity contribution in [2.75, 3.05) is 11.9 Å². The van der Waals surface area contributed by atoms with Crippen LogP contribution in [0.2, 0.25) is 0 Å². The first-order valence-electron chi connectivity index (χ1n) is 5.44. The van der Waals surface area contributed by atoms with Gasteiger partial charge >= 0.3 is 0 Å². The van der Waals surface area contributed by atoms with Gasteiger partial charge in [-0.1, -0.05) is 6.07 Å². The smallest absolute Gasteiger partial charge is 0.238 e. The zero-order valence-corrected chi connectivity index (χ0v) is 9.22. The van der Waals surface area contributed by atoms with Crippen LogP contribution in [0.15, 0.2) is 18.2 Å². The molecule has 1 amide bonds. The Bertz CT molecular complexity index is 402. The van der Waals surface area contributed by atoms with Crippen molar-refractivity contribution in [3.05, 3.63) is 29.6 Å². The number of nitrogens with one attached hydrogen (secondary N) is 2. The Morgan fingerprint density at radius 3 is 2.88 bits per heavy atom. The maximum Gasteiger partial charge on any atom is 0.238 e. The summed E-state index contributed by atoms with van der Waals surface area (Å²) in [5, 5.41) is 5.62. The van der Waals surface area contributed by atoms with E-state index in [-0.39, 0.29) is 24.0 Å². The van der Waals surface area contributed by atoms with E-state index < -0.39 is 0 Å². The quantitative estimate of drug-likeness (QED) is 0.816. The second-order valence-corrected chi connectivity index (χ2v) is 4.19. The van der Waals surface area contributed by atoms with Crippen LogP contribution in [0.3, 0.4) is 0 Å². The van der Waals surface area contributed by atoms with Crippen LogP contribution in [0, 0.1) is 12.7 Å². The molecular formula is C12H15FN2O. The van der Waals surface area contributed by atoms with E-state index in [1.165, 1.54) is 6.07 Å². The summed E-state index contributed by atoms with van der Waals surface area (Å²) in [5.41, 5.74) is 1.08. The second-order valence-electron chi connectivity index (χ2n) is 4.19. The van der Waals surface area contributed by atoms with Crippen LogP contribution in [0.25, 0.3) is 0 Å². The van der Waals surface area contributed by atoms with Gasteiger partial charge in [0.25, 0.3) is 0 Å². The minimum Gasteiger partial charge on any atom is -0.322 e. The molecule has 1 fully saturated rings. The topological polar surface area (TPSA) is 41.1 Å². The van der Waals surface area contributed by atoms with Gasteiger partial charge in [0.2, 0.25) is 5.91 Å². The number of hydrogen-bond acceptors (Lipinski definition) is 2. The summed E-state index contributed by atoms with van der Waals surface area (Å²) in [6.45, 7) is 2.06. The first kappa shape index (κ1) is 11.1. The van der Waals surface area contributed by atoms with Gasteiger partial charge in [-0.05, 0) is 37.5 Å². The van der Waals surface area contributed by atoms with E-state index in [0.29, 0.717) is 6.04 Å². The average molecular weight is 222 g/mol. The molecule has 1 aromatic rings. The molecule has 1 saturated carbocycles. The minimum atomic E-state index is -0.389. The molecule has 0 bridgehead atoms. The highest BCUT2D eigenvalue weighted by Gasteiger charge is 2.21. The summed E-state index contributed by atoms with van der Waals surface area (Å²) in [7, 11) is 0. The lowest BCUT2D eigenvalue weighted by Gasteiger charge is -2.07. The summed E-state index contributed by atoms with van der Waals surface area (Å²) in [6.07, 6.45) is 2.26. The lowest BCUT2D eigenvalue weighted by molar-refractivity contribution is -0.115.